The number of carboxylic acid groups (broad SMARTS) is 4. The van der Waals surface area contributed by atoms with Crippen LogP contribution < -0.4 is 34.7 Å². The fourth-order valence-electron chi connectivity index (χ4n) is 0.856. The third-order valence-electron chi connectivity index (χ3n) is 1.39. The van der Waals surface area contributed by atoms with Crippen molar-refractivity contribution in [3.05, 3.63) is 35.4 Å². The minimum atomic E-state index is -2.08. The van der Waals surface area contributed by atoms with E-state index in [9.17, 15) is 9.59 Å². The van der Waals surface area contributed by atoms with Gasteiger partial charge in [0.2, 0.25) is 6.16 Å². The SMILES string of the molecule is O=C(O)c1ccccc1C(=O)O.O=C([O-])O.[Na+]. The van der Waals surface area contributed by atoms with E-state index in [-0.39, 0.29) is 40.7 Å². The first-order chi connectivity index (χ1) is 7.36. The van der Waals surface area contributed by atoms with Crippen LogP contribution in [0.25, 0.3) is 0 Å². The molecule has 0 aliphatic carbocycles. The molecule has 3 N–H and O–H groups in total. The van der Waals surface area contributed by atoms with Crippen LogP contribution in [-0.2, 0) is 0 Å². The zero-order valence-corrected chi connectivity index (χ0v) is 10.8. The normalized spacial score (nSPS) is 8.00. The van der Waals surface area contributed by atoms with E-state index in [1.54, 1.807) is 0 Å². The van der Waals surface area contributed by atoms with Crippen molar-refractivity contribution < 1.29 is 64.4 Å². The van der Waals surface area contributed by atoms with Crippen molar-refractivity contribution >= 4 is 18.1 Å². The van der Waals surface area contributed by atoms with Crippen molar-refractivity contribution in [3.63, 3.8) is 0 Å². The Labute approximate surface area is 118 Å². The number of rotatable bonds is 2. The summed E-state index contributed by atoms with van der Waals surface area (Å²) in [6, 6.07) is 5.48. The van der Waals surface area contributed by atoms with Crippen LogP contribution in [0.15, 0.2) is 24.3 Å². The predicted octanol–water partition coefficient (Wildman–Crippen LogP) is -3.03. The van der Waals surface area contributed by atoms with Gasteiger partial charge in [0, 0.05) is 0 Å². The first kappa shape index (κ1) is 17.8. The van der Waals surface area contributed by atoms with Gasteiger partial charge in [-0.05, 0) is 12.1 Å². The molecule has 0 unspecified atom stereocenters. The predicted molar refractivity (Wildman–Crippen MR) is 48.4 cm³/mol. The smallest absolute Gasteiger partial charge is 0.565 e. The molecular weight excluding hydrogens is 243 g/mol. The van der Waals surface area contributed by atoms with Gasteiger partial charge in [-0.2, -0.15) is 0 Å². The van der Waals surface area contributed by atoms with Crippen LogP contribution in [0.2, 0.25) is 0 Å². The van der Waals surface area contributed by atoms with Crippen LogP contribution >= 0.6 is 0 Å². The van der Waals surface area contributed by atoms with Crippen LogP contribution in [0.1, 0.15) is 20.7 Å². The van der Waals surface area contributed by atoms with Gasteiger partial charge < -0.3 is 25.2 Å². The molecule has 0 saturated heterocycles. The zero-order chi connectivity index (χ0) is 12.7. The molecule has 0 aromatic heterocycles. The molecular formula is C9H7NaO7. The maximum atomic E-state index is 10.5. The van der Waals surface area contributed by atoms with Crippen LogP contribution in [-0.4, -0.2) is 33.4 Å². The molecule has 1 aromatic carbocycles. The Kier molecular flexibility index (Phi) is 8.98. The van der Waals surface area contributed by atoms with Gasteiger partial charge in [0.1, 0.15) is 0 Å². The summed E-state index contributed by atoms with van der Waals surface area (Å²) in [7, 11) is 0. The fraction of sp³-hybridized carbons (Fsp3) is 0. The molecule has 0 spiro atoms. The summed E-state index contributed by atoms with van der Waals surface area (Å²) in [5.41, 5.74) is -0.380. The summed E-state index contributed by atoms with van der Waals surface area (Å²) in [6.07, 6.45) is -2.08. The van der Waals surface area contributed by atoms with Gasteiger partial charge in [0.25, 0.3) is 0 Å². The van der Waals surface area contributed by atoms with Crippen molar-refractivity contribution in [2.24, 2.45) is 0 Å². The van der Waals surface area contributed by atoms with Crippen molar-refractivity contribution in [3.8, 4) is 0 Å². The molecule has 0 heterocycles. The van der Waals surface area contributed by atoms with E-state index in [4.69, 9.17) is 25.2 Å². The average molecular weight is 250 g/mol. The van der Waals surface area contributed by atoms with Gasteiger partial charge in [-0.15, -0.1) is 0 Å². The Bertz CT molecular complexity index is 379. The van der Waals surface area contributed by atoms with Crippen LogP contribution in [0.4, 0.5) is 4.79 Å². The Balaban J connectivity index is 0. The molecule has 7 nitrogen and oxygen atoms in total. The van der Waals surface area contributed by atoms with E-state index >= 15 is 0 Å². The number of carbonyl (C=O) groups is 3. The molecule has 0 amide bonds. The second-order valence-electron chi connectivity index (χ2n) is 2.42. The monoisotopic (exact) mass is 250 g/mol. The molecule has 86 valence electrons. The molecule has 1 rings (SSSR count). The number of aromatic carboxylic acids is 2. The van der Waals surface area contributed by atoms with Gasteiger partial charge in [-0.25, -0.2) is 9.59 Å². The zero-order valence-electron chi connectivity index (χ0n) is 8.78. The number of carboxylic acids is 2. The molecule has 0 radical (unpaired) electrons. The second kappa shape index (κ2) is 8.57. The van der Waals surface area contributed by atoms with Gasteiger partial charge in [0.15, 0.2) is 0 Å². The molecule has 0 saturated carbocycles. The summed E-state index contributed by atoms with van der Waals surface area (Å²) in [5.74, 6) is -2.46. The fourth-order valence-corrected chi connectivity index (χ4v) is 0.856. The summed E-state index contributed by atoms with van der Waals surface area (Å²) >= 11 is 0. The van der Waals surface area contributed by atoms with E-state index in [2.05, 4.69) is 0 Å². The van der Waals surface area contributed by atoms with Crippen molar-refractivity contribution in [1.82, 2.24) is 0 Å². The van der Waals surface area contributed by atoms with E-state index in [1.807, 2.05) is 0 Å². The second-order valence-corrected chi connectivity index (χ2v) is 2.42. The van der Waals surface area contributed by atoms with E-state index < -0.39 is 18.1 Å². The summed E-state index contributed by atoms with van der Waals surface area (Å²) in [5, 5.41) is 32.4. The van der Waals surface area contributed by atoms with Crippen LogP contribution in [0.5, 0.6) is 0 Å². The Morgan fingerprint density at radius 1 is 0.882 bits per heavy atom. The molecule has 17 heavy (non-hydrogen) atoms. The van der Waals surface area contributed by atoms with Crippen LogP contribution in [0.3, 0.4) is 0 Å². The maximum absolute atomic E-state index is 10.5. The van der Waals surface area contributed by atoms with Crippen molar-refractivity contribution in [2.75, 3.05) is 0 Å². The van der Waals surface area contributed by atoms with Gasteiger partial charge in [0.05, 0.1) is 11.1 Å². The van der Waals surface area contributed by atoms with Crippen molar-refractivity contribution in [1.29, 1.82) is 0 Å². The third kappa shape index (κ3) is 7.34. The maximum Gasteiger partial charge on any atom is 1.00 e. The Hall–Kier alpha value is -1.57. The minimum Gasteiger partial charge on any atom is -0.565 e. The topological polar surface area (TPSA) is 135 Å². The first-order valence-corrected chi connectivity index (χ1v) is 3.81. The van der Waals surface area contributed by atoms with Crippen LogP contribution in [0, 0.1) is 0 Å². The largest absolute Gasteiger partial charge is 1.00 e. The van der Waals surface area contributed by atoms with Gasteiger partial charge >= 0.3 is 41.5 Å². The Morgan fingerprint density at radius 3 is 1.29 bits per heavy atom. The van der Waals surface area contributed by atoms with E-state index in [0.717, 1.165) is 0 Å². The van der Waals surface area contributed by atoms with Crippen molar-refractivity contribution in [2.45, 2.75) is 0 Å². The quantitative estimate of drug-likeness (QED) is 0.475. The van der Waals surface area contributed by atoms with Gasteiger partial charge in [-0.3, -0.25) is 0 Å². The molecule has 8 heteroatoms. The first-order valence-electron chi connectivity index (χ1n) is 3.81. The Morgan fingerprint density at radius 2 is 1.12 bits per heavy atom. The number of hydrogen-bond acceptors (Lipinski definition) is 4. The molecule has 1 aromatic rings. The molecule has 0 bridgehead atoms. The average Bonchev–Trinajstić information content (AvgIpc) is 2.16. The molecule has 0 atom stereocenters. The number of benzene rings is 1. The minimum absolute atomic E-state index is 0. The summed E-state index contributed by atoms with van der Waals surface area (Å²) in [4.78, 5) is 29.4. The van der Waals surface area contributed by atoms with E-state index in [0.29, 0.717) is 0 Å². The third-order valence-corrected chi connectivity index (χ3v) is 1.39. The molecule has 0 aliphatic heterocycles. The molecule has 0 fully saturated rings. The van der Waals surface area contributed by atoms with E-state index in [1.165, 1.54) is 24.3 Å². The standard InChI is InChI=1S/C8H6O4.CH2O3.Na/c9-7(10)5-3-1-2-4-6(5)8(11)12;2-1(3)4;/h1-4H,(H,9,10)(H,11,12);(H2,2,3,4);/q;;+1/p-1. The molecule has 0 aliphatic rings. The summed E-state index contributed by atoms with van der Waals surface area (Å²) in [6.45, 7) is 0. The van der Waals surface area contributed by atoms with Gasteiger partial charge in [-0.1, -0.05) is 12.1 Å². The number of hydrogen-bond donors (Lipinski definition) is 3. The summed E-state index contributed by atoms with van der Waals surface area (Å²) < 4.78 is 0.